The Bertz CT molecular complexity index is 1160. The molecule has 1 amide bonds. The molecule has 0 radical (unpaired) electrons. The first-order chi connectivity index (χ1) is 15.4. The van der Waals surface area contributed by atoms with Crippen LogP contribution in [-0.2, 0) is 21.2 Å². The zero-order valence-electron chi connectivity index (χ0n) is 18.0. The average molecular weight is 520 g/mol. The fourth-order valence-electron chi connectivity index (χ4n) is 4.50. The van der Waals surface area contributed by atoms with Crippen LogP contribution >= 0.6 is 15.9 Å². The molecule has 2 aromatic rings. The number of halogens is 1. The molecule has 2 heterocycles. The summed E-state index contributed by atoms with van der Waals surface area (Å²) in [7, 11) is -2.05. The van der Waals surface area contributed by atoms with Crippen molar-refractivity contribution in [1.82, 2.24) is 4.31 Å². The number of benzene rings is 2. The topological polar surface area (TPSA) is 70.2 Å². The Morgan fingerprint density at radius 1 is 1.06 bits per heavy atom. The Kier molecular flexibility index (Phi) is 5.67. The van der Waals surface area contributed by atoms with Crippen LogP contribution in [0.2, 0.25) is 0 Å². The zero-order valence-corrected chi connectivity index (χ0v) is 20.4. The Labute approximate surface area is 197 Å². The van der Waals surface area contributed by atoms with Crippen molar-refractivity contribution in [3.05, 3.63) is 46.4 Å². The van der Waals surface area contributed by atoms with Gasteiger partial charge in [-0.15, -0.1) is 0 Å². The van der Waals surface area contributed by atoms with Gasteiger partial charge in [0.15, 0.2) is 0 Å². The summed E-state index contributed by atoms with van der Waals surface area (Å²) in [5.41, 5.74) is 2.79. The summed E-state index contributed by atoms with van der Waals surface area (Å²) in [6.07, 6.45) is 2.62. The fourth-order valence-corrected chi connectivity index (χ4v) is 6.99. The molecule has 1 saturated carbocycles. The van der Waals surface area contributed by atoms with E-state index >= 15 is 0 Å². The van der Waals surface area contributed by atoms with Crippen molar-refractivity contribution in [1.29, 1.82) is 0 Å². The molecule has 170 valence electrons. The number of ether oxygens (including phenoxy) is 1. The number of sulfonamides is 1. The molecule has 5 rings (SSSR count). The van der Waals surface area contributed by atoms with Gasteiger partial charge in [0.1, 0.15) is 5.75 Å². The van der Waals surface area contributed by atoms with Gasteiger partial charge in [0.05, 0.1) is 12.0 Å². The molecule has 0 bridgehead atoms. The van der Waals surface area contributed by atoms with Crippen LogP contribution in [0.1, 0.15) is 18.4 Å². The molecular formula is C23H26BrN3O4S. The van der Waals surface area contributed by atoms with E-state index in [0.717, 1.165) is 42.0 Å². The number of amides is 1. The lowest BCUT2D eigenvalue weighted by molar-refractivity contribution is -0.119. The minimum Gasteiger partial charge on any atom is -0.497 e. The van der Waals surface area contributed by atoms with Crippen LogP contribution in [0.5, 0.6) is 5.75 Å². The summed E-state index contributed by atoms with van der Waals surface area (Å²) >= 11 is 3.48. The molecule has 0 aromatic heterocycles. The van der Waals surface area contributed by atoms with Crippen molar-refractivity contribution in [3.63, 3.8) is 0 Å². The van der Waals surface area contributed by atoms with Crippen LogP contribution in [0.4, 0.5) is 11.4 Å². The summed E-state index contributed by atoms with van der Waals surface area (Å²) in [5.74, 6) is 1.01. The van der Waals surface area contributed by atoms with Gasteiger partial charge in [-0.25, -0.2) is 8.42 Å². The first-order valence-corrected chi connectivity index (χ1v) is 13.1. The summed E-state index contributed by atoms with van der Waals surface area (Å²) in [6, 6.07) is 11.4. The van der Waals surface area contributed by atoms with E-state index in [1.54, 1.807) is 18.1 Å². The number of carbonyl (C=O) groups is 1. The minimum absolute atomic E-state index is 0.106. The van der Waals surface area contributed by atoms with Gasteiger partial charge < -0.3 is 14.5 Å². The van der Waals surface area contributed by atoms with Crippen LogP contribution in [0.3, 0.4) is 0 Å². The Morgan fingerprint density at radius 2 is 1.81 bits per heavy atom. The molecule has 9 heteroatoms. The van der Waals surface area contributed by atoms with Crippen molar-refractivity contribution >= 4 is 43.2 Å². The zero-order chi connectivity index (χ0) is 22.5. The number of hydrogen-bond donors (Lipinski definition) is 0. The summed E-state index contributed by atoms with van der Waals surface area (Å²) in [6.45, 7) is 2.61. The van der Waals surface area contributed by atoms with Crippen molar-refractivity contribution in [2.75, 3.05) is 49.6 Å². The maximum Gasteiger partial charge on any atom is 0.244 e. The monoisotopic (exact) mass is 519 g/mol. The molecule has 1 aliphatic carbocycles. The summed E-state index contributed by atoms with van der Waals surface area (Å²) in [5, 5.41) is 0. The Morgan fingerprint density at radius 3 is 2.50 bits per heavy atom. The van der Waals surface area contributed by atoms with Gasteiger partial charge in [0, 0.05) is 60.6 Å². The highest BCUT2D eigenvalue weighted by Crippen LogP contribution is 2.40. The number of fused-ring (bicyclic) bond motifs is 1. The van der Waals surface area contributed by atoms with Gasteiger partial charge in [-0.1, -0.05) is 6.07 Å². The van der Waals surface area contributed by atoms with Gasteiger partial charge >= 0.3 is 0 Å². The van der Waals surface area contributed by atoms with E-state index in [2.05, 4.69) is 20.8 Å². The van der Waals surface area contributed by atoms with E-state index in [-0.39, 0.29) is 16.7 Å². The molecule has 3 aliphatic rings. The number of hydrogen-bond acceptors (Lipinski definition) is 5. The molecule has 0 N–H and O–H groups in total. The molecule has 0 spiro atoms. The maximum absolute atomic E-state index is 13.5. The predicted octanol–water partition coefficient (Wildman–Crippen LogP) is 3.27. The first kappa shape index (κ1) is 21.7. The van der Waals surface area contributed by atoms with Gasteiger partial charge in [-0.2, -0.15) is 4.31 Å². The number of methoxy groups -OCH3 is 1. The molecule has 2 aliphatic heterocycles. The van der Waals surface area contributed by atoms with Crippen LogP contribution in [-0.4, -0.2) is 58.5 Å². The molecule has 0 atom stereocenters. The van der Waals surface area contributed by atoms with Gasteiger partial charge in [-0.3, -0.25) is 4.79 Å². The molecule has 1 saturated heterocycles. The maximum atomic E-state index is 13.5. The molecule has 2 fully saturated rings. The van der Waals surface area contributed by atoms with Crippen LogP contribution < -0.4 is 14.5 Å². The van der Waals surface area contributed by atoms with Gasteiger partial charge in [0.2, 0.25) is 15.9 Å². The highest BCUT2D eigenvalue weighted by atomic mass is 79.9. The van der Waals surface area contributed by atoms with Gasteiger partial charge in [-0.05, 0) is 65.0 Å². The van der Waals surface area contributed by atoms with Crippen molar-refractivity contribution < 1.29 is 17.9 Å². The number of piperazine rings is 1. The van der Waals surface area contributed by atoms with Crippen molar-refractivity contribution in [2.24, 2.45) is 5.92 Å². The largest absolute Gasteiger partial charge is 0.497 e. The summed E-state index contributed by atoms with van der Waals surface area (Å²) < 4.78 is 34.5. The number of anilines is 2. The van der Waals surface area contributed by atoms with E-state index in [4.69, 9.17) is 4.74 Å². The Hall–Kier alpha value is -2.10. The summed E-state index contributed by atoms with van der Waals surface area (Å²) in [4.78, 5) is 16.9. The fraction of sp³-hybridized carbons (Fsp3) is 0.435. The lowest BCUT2D eigenvalue weighted by Crippen LogP contribution is -2.48. The third-order valence-corrected chi connectivity index (χ3v) is 9.35. The second-order valence-electron chi connectivity index (χ2n) is 8.52. The third kappa shape index (κ3) is 3.91. The average Bonchev–Trinajstić information content (AvgIpc) is 3.58. The highest BCUT2D eigenvalue weighted by Gasteiger charge is 2.38. The van der Waals surface area contributed by atoms with E-state index in [9.17, 15) is 13.2 Å². The van der Waals surface area contributed by atoms with Crippen molar-refractivity contribution in [3.8, 4) is 5.75 Å². The SMILES string of the molecule is COc1cccc(N2CCN(S(=O)(=O)c3cc4c(cc3Br)CCN4C(=O)C3CC3)CC2)c1. The lowest BCUT2D eigenvalue weighted by atomic mass is 10.2. The number of rotatable bonds is 5. The smallest absolute Gasteiger partial charge is 0.244 e. The first-order valence-electron chi connectivity index (χ1n) is 10.9. The van der Waals surface area contributed by atoms with E-state index in [1.165, 1.54) is 4.31 Å². The number of carbonyl (C=O) groups excluding carboxylic acids is 1. The molecular weight excluding hydrogens is 494 g/mol. The van der Waals surface area contributed by atoms with E-state index in [0.29, 0.717) is 37.2 Å². The van der Waals surface area contributed by atoms with E-state index in [1.807, 2.05) is 30.3 Å². The van der Waals surface area contributed by atoms with Crippen molar-refractivity contribution in [2.45, 2.75) is 24.2 Å². The van der Waals surface area contributed by atoms with Gasteiger partial charge in [0.25, 0.3) is 0 Å². The second-order valence-corrected chi connectivity index (χ2v) is 11.3. The van der Waals surface area contributed by atoms with E-state index < -0.39 is 10.0 Å². The molecule has 0 unspecified atom stereocenters. The lowest BCUT2D eigenvalue weighted by Gasteiger charge is -2.35. The molecule has 2 aromatic carbocycles. The van der Waals surface area contributed by atoms with Crippen LogP contribution in [0.25, 0.3) is 0 Å². The highest BCUT2D eigenvalue weighted by molar-refractivity contribution is 9.10. The normalized spacial score (nSPS) is 19.2. The predicted molar refractivity (Wildman–Crippen MR) is 127 cm³/mol. The Balaban J connectivity index is 1.36. The quantitative estimate of drug-likeness (QED) is 0.606. The standard InChI is InChI=1S/C23H26BrN3O4S/c1-31-19-4-2-3-18(14-19)25-9-11-26(12-10-25)32(29,30)22-15-21-17(13-20(22)24)7-8-27(21)23(28)16-5-6-16/h2-4,13-16H,5-12H2,1H3. The number of nitrogens with zero attached hydrogens (tertiary/aromatic N) is 3. The molecule has 7 nitrogen and oxygen atoms in total. The van der Waals surface area contributed by atoms with Crippen LogP contribution in [0.15, 0.2) is 45.8 Å². The van der Waals surface area contributed by atoms with Crippen LogP contribution in [0, 0.1) is 5.92 Å². The second kappa shape index (κ2) is 8.35. The molecule has 32 heavy (non-hydrogen) atoms. The minimum atomic E-state index is -3.69. The third-order valence-electron chi connectivity index (χ3n) is 6.50.